The number of ketones is 1. The number of Topliss-reactive ketones (excluding diaryl/α,β-unsaturated/α-hetero) is 1. The molecule has 4 nitrogen and oxygen atoms in total. The second-order valence-corrected chi connectivity index (χ2v) is 3.64. The Hall–Kier alpha value is -1.55. The van der Waals surface area contributed by atoms with Gasteiger partial charge in [0.1, 0.15) is 6.10 Å². The van der Waals surface area contributed by atoms with Gasteiger partial charge >= 0.3 is 0 Å². The number of hydrogen-bond donors (Lipinski definition) is 0. The van der Waals surface area contributed by atoms with Gasteiger partial charge in [-0.3, -0.25) is 4.79 Å². The van der Waals surface area contributed by atoms with Gasteiger partial charge in [0.25, 0.3) is 0 Å². The first-order chi connectivity index (χ1) is 7.69. The lowest BCUT2D eigenvalue weighted by molar-refractivity contribution is 0.0327. The predicted octanol–water partition coefficient (Wildman–Crippen LogP) is 1.81. The van der Waals surface area contributed by atoms with E-state index in [1.54, 1.807) is 33.3 Å². The molecule has 0 aromatic heterocycles. The Morgan fingerprint density at radius 2 is 2.06 bits per heavy atom. The maximum absolute atomic E-state index is 11.9. The van der Waals surface area contributed by atoms with Crippen LogP contribution in [0.25, 0.3) is 0 Å². The van der Waals surface area contributed by atoms with Crippen LogP contribution in [-0.4, -0.2) is 26.1 Å². The van der Waals surface area contributed by atoms with Crippen molar-refractivity contribution in [2.45, 2.75) is 19.6 Å². The van der Waals surface area contributed by atoms with Gasteiger partial charge in [0.2, 0.25) is 0 Å². The van der Waals surface area contributed by atoms with Gasteiger partial charge in [-0.1, -0.05) is 0 Å². The highest BCUT2D eigenvalue weighted by Gasteiger charge is 2.28. The third kappa shape index (κ3) is 1.55. The van der Waals surface area contributed by atoms with Crippen LogP contribution in [0.3, 0.4) is 0 Å². The fourth-order valence-corrected chi connectivity index (χ4v) is 1.87. The molecule has 1 aliphatic rings. The standard InChI is InChI=1S/C12H14O4/c1-7-11(13)8-4-5-10(14-2)12(15-3)9(8)6-16-7/h4-5,7H,6H2,1-3H3/t7-/m0/s1. The zero-order valence-corrected chi connectivity index (χ0v) is 9.57. The monoisotopic (exact) mass is 222 g/mol. The summed E-state index contributed by atoms with van der Waals surface area (Å²) >= 11 is 0. The fourth-order valence-electron chi connectivity index (χ4n) is 1.87. The van der Waals surface area contributed by atoms with Crippen molar-refractivity contribution in [2.75, 3.05) is 14.2 Å². The summed E-state index contributed by atoms with van der Waals surface area (Å²) in [5, 5.41) is 0. The van der Waals surface area contributed by atoms with Crippen LogP contribution in [0.1, 0.15) is 22.8 Å². The number of hydrogen-bond acceptors (Lipinski definition) is 4. The molecule has 1 aliphatic heterocycles. The van der Waals surface area contributed by atoms with Gasteiger partial charge in [0, 0.05) is 11.1 Å². The van der Waals surface area contributed by atoms with Crippen molar-refractivity contribution < 1.29 is 19.0 Å². The molecule has 0 spiro atoms. The maximum atomic E-state index is 11.9. The molecule has 16 heavy (non-hydrogen) atoms. The lowest BCUT2D eigenvalue weighted by Gasteiger charge is -2.23. The molecular weight excluding hydrogens is 208 g/mol. The quantitative estimate of drug-likeness (QED) is 0.765. The summed E-state index contributed by atoms with van der Waals surface area (Å²) in [6.07, 6.45) is -0.384. The Bertz CT molecular complexity index is 425. The summed E-state index contributed by atoms with van der Waals surface area (Å²) in [5.74, 6) is 1.19. The normalized spacial score (nSPS) is 19.2. The summed E-state index contributed by atoms with van der Waals surface area (Å²) < 4.78 is 15.8. The lowest BCUT2D eigenvalue weighted by Crippen LogP contribution is -2.27. The molecule has 0 aliphatic carbocycles. The number of carbonyl (C=O) groups excluding carboxylic acids is 1. The first-order valence-electron chi connectivity index (χ1n) is 5.08. The van der Waals surface area contributed by atoms with Gasteiger partial charge in [0.05, 0.1) is 20.8 Å². The molecule has 4 heteroatoms. The molecule has 0 saturated heterocycles. The lowest BCUT2D eigenvalue weighted by atomic mass is 9.97. The largest absolute Gasteiger partial charge is 0.493 e. The van der Waals surface area contributed by atoms with E-state index in [-0.39, 0.29) is 11.9 Å². The van der Waals surface area contributed by atoms with Gasteiger partial charge in [0.15, 0.2) is 17.3 Å². The van der Waals surface area contributed by atoms with Crippen LogP contribution >= 0.6 is 0 Å². The molecule has 86 valence electrons. The average Bonchev–Trinajstić information content (AvgIpc) is 2.32. The van der Waals surface area contributed by atoms with Gasteiger partial charge in [-0.15, -0.1) is 0 Å². The highest BCUT2D eigenvalue weighted by Crippen LogP contribution is 2.36. The predicted molar refractivity (Wildman–Crippen MR) is 58.1 cm³/mol. The van der Waals surface area contributed by atoms with E-state index in [9.17, 15) is 4.79 Å². The van der Waals surface area contributed by atoms with Gasteiger partial charge in [-0.2, -0.15) is 0 Å². The van der Waals surface area contributed by atoms with E-state index in [4.69, 9.17) is 14.2 Å². The number of rotatable bonds is 2. The summed E-state index contributed by atoms with van der Waals surface area (Å²) in [6.45, 7) is 2.13. The van der Waals surface area contributed by atoms with Gasteiger partial charge in [-0.25, -0.2) is 0 Å². The number of ether oxygens (including phenoxy) is 3. The first kappa shape index (κ1) is 11.0. The second kappa shape index (κ2) is 4.14. The van der Waals surface area contributed by atoms with Crippen molar-refractivity contribution in [3.8, 4) is 11.5 Å². The van der Waals surface area contributed by atoms with Crippen molar-refractivity contribution in [3.05, 3.63) is 23.3 Å². The highest BCUT2D eigenvalue weighted by molar-refractivity contribution is 6.02. The Morgan fingerprint density at radius 3 is 2.69 bits per heavy atom. The fraction of sp³-hybridized carbons (Fsp3) is 0.417. The topological polar surface area (TPSA) is 44.8 Å². The molecule has 0 amide bonds. The van der Waals surface area contributed by atoms with E-state index in [1.165, 1.54) is 0 Å². The maximum Gasteiger partial charge on any atom is 0.191 e. The van der Waals surface area contributed by atoms with E-state index >= 15 is 0 Å². The smallest absolute Gasteiger partial charge is 0.191 e. The highest BCUT2D eigenvalue weighted by atomic mass is 16.5. The molecule has 0 fully saturated rings. The molecule has 0 unspecified atom stereocenters. The second-order valence-electron chi connectivity index (χ2n) is 3.64. The number of carbonyl (C=O) groups is 1. The molecule has 2 rings (SSSR count). The summed E-state index contributed by atoms with van der Waals surface area (Å²) in [7, 11) is 3.12. The van der Waals surface area contributed by atoms with Crippen LogP contribution in [0, 0.1) is 0 Å². The Morgan fingerprint density at radius 1 is 1.31 bits per heavy atom. The molecule has 0 bridgehead atoms. The van der Waals surface area contributed by atoms with Gasteiger partial charge < -0.3 is 14.2 Å². The molecule has 0 radical (unpaired) electrons. The number of fused-ring (bicyclic) bond motifs is 1. The van der Waals surface area contributed by atoms with Crippen molar-refractivity contribution in [3.63, 3.8) is 0 Å². The van der Waals surface area contributed by atoms with Crippen LogP contribution in [-0.2, 0) is 11.3 Å². The molecule has 0 saturated carbocycles. The van der Waals surface area contributed by atoms with Crippen LogP contribution < -0.4 is 9.47 Å². The summed E-state index contributed by atoms with van der Waals surface area (Å²) in [4.78, 5) is 11.9. The minimum absolute atomic E-state index is 0.0118. The minimum atomic E-state index is -0.384. The van der Waals surface area contributed by atoms with Crippen molar-refractivity contribution in [1.29, 1.82) is 0 Å². The van der Waals surface area contributed by atoms with Crippen molar-refractivity contribution in [2.24, 2.45) is 0 Å². The van der Waals surface area contributed by atoms with E-state index in [1.807, 2.05) is 0 Å². The van der Waals surface area contributed by atoms with Crippen LogP contribution in [0.4, 0.5) is 0 Å². The molecular formula is C12H14O4. The van der Waals surface area contributed by atoms with Crippen LogP contribution in [0.15, 0.2) is 12.1 Å². The zero-order valence-electron chi connectivity index (χ0n) is 9.57. The molecule has 1 atom stereocenters. The Kier molecular flexibility index (Phi) is 2.83. The number of methoxy groups -OCH3 is 2. The molecule has 1 aromatic carbocycles. The molecule has 1 heterocycles. The van der Waals surface area contributed by atoms with Crippen molar-refractivity contribution in [1.82, 2.24) is 0 Å². The zero-order chi connectivity index (χ0) is 11.7. The third-order valence-corrected chi connectivity index (χ3v) is 2.76. The van der Waals surface area contributed by atoms with Crippen LogP contribution in [0.5, 0.6) is 11.5 Å². The number of benzene rings is 1. The molecule has 0 N–H and O–H groups in total. The van der Waals surface area contributed by atoms with Crippen molar-refractivity contribution >= 4 is 5.78 Å². The van der Waals surface area contributed by atoms with E-state index < -0.39 is 0 Å². The van der Waals surface area contributed by atoms with E-state index in [2.05, 4.69) is 0 Å². The first-order valence-corrected chi connectivity index (χ1v) is 5.08. The Balaban J connectivity index is 2.57. The Labute approximate surface area is 94.1 Å². The van der Waals surface area contributed by atoms with E-state index in [0.717, 1.165) is 5.56 Å². The minimum Gasteiger partial charge on any atom is -0.493 e. The third-order valence-electron chi connectivity index (χ3n) is 2.76. The molecule has 1 aromatic rings. The average molecular weight is 222 g/mol. The van der Waals surface area contributed by atoms with E-state index in [0.29, 0.717) is 23.7 Å². The van der Waals surface area contributed by atoms with Crippen LogP contribution in [0.2, 0.25) is 0 Å². The summed E-state index contributed by atoms with van der Waals surface area (Å²) in [5.41, 5.74) is 1.43. The summed E-state index contributed by atoms with van der Waals surface area (Å²) in [6, 6.07) is 3.51. The van der Waals surface area contributed by atoms with Gasteiger partial charge in [-0.05, 0) is 19.1 Å². The SMILES string of the molecule is COc1ccc2c(c1OC)CO[C@@H](C)C2=O.